The Bertz CT molecular complexity index is 410. The largest absolute Gasteiger partial charge is 0.417 e. The number of halogens is 4. The Morgan fingerprint density at radius 2 is 1.94 bits per heavy atom. The molecule has 16 heavy (non-hydrogen) atoms. The Morgan fingerprint density at radius 1 is 1.38 bits per heavy atom. The summed E-state index contributed by atoms with van der Waals surface area (Å²) in [6, 6.07) is 3.55. The lowest BCUT2D eigenvalue weighted by Gasteiger charge is -2.13. The lowest BCUT2D eigenvalue weighted by atomic mass is 9.99. The fourth-order valence-electron chi connectivity index (χ4n) is 1.32. The van der Waals surface area contributed by atoms with Gasteiger partial charge < -0.3 is 0 Å². The van der Waals surface area contributed by atoms with Crippen molar-refractivity contribution in [3.63, 3.8) is 0 Å². The molecule has 0 aliphatic heterocycles. The molecule has 0 radical (unpaired) electrons. The minimum atomic E-state index is -4.50. The van der Waals surface area contributed by atoms with Crippen molar-refractivity contribution < 1.29 is 18.0 Å². The van der Waals surface area contributed by atoms with E-state index in [4.69, 9.17) is 0 Å². The van der Waals surface area contributed by atoms with Crippen molar-refractivity contribution in [1.82, 2.24) is 0 Å². The van der Waals surface area contributed by atoms with E-state index in [-0.39, 0.29) is 5.56 Å². The van der Waals surface area contributed by atoms with Gasteiger partial charge in [-0.15, -0.1) is 0 Å². The summed E-state index contributed by atoms with van der Waals surface area (Å²) in [5.41, 5.74) is -0.532. The van der Waals surface area contributed by atoms with Crippen LogP contribution in [-0.2, 0) is 6.18 Å². The van der Waals surface area contributed by atoms with Crippen LogP contribution in [0.25, 0.3) is 0 Å². The van der Waals surface area contributed by atoms with Crippen LogP contribution in [0.2, 0.25) is 0 Å². The van der Waals surface area contributed by atoms with Crippen molar-refractivity contribution in [2.24, 2.45) is 0 Å². The molecule has 0 saturated carbocycles. The van der Waals surface area contributed by atoms with Crippen molar-refractivity contribution >= 4 is 21.7 Å². The summed E-state index contributed by atoms with van der Waals surface area (Å²) in [7, 11) is 0. The number of hydrogen-bond acceptors (Lipinski definition) is 1. The van der Waals surface area contributed by atoms with Gasteiger partial charge >= 0.3 is 6.18 Å². The van der Waals surface area contributed by atoms with E-state index >= 15 is 0 Å². The summed E-state index contributed by atoms with van der Waals surface area (Å²) < 4.78 is 37.9. The van der Waals surface area contributed by atoms with Gasteiger partial charge in [-0.05, 0) is 26.0 Å². The monoisotopic (exact) mass is 294 g/mol. The third-order valence-corrected chi connectivity index (χ3v) is 2.52. The van der Waals surface area contributed by atoms with Gasteiger partial charge in [0, 0.05) is 5.56 Å². The molecule has 0 amide bonds. The first kappa shape index (κ1) is 13.2. The molecular formula is C11H10BrF3O. The lowest BCUT2D eigenvalue weighted by Crippen LogP contribution is -2.18. The standard InChI is InChI=1S/C11H10BrF3O/c1-6-3-4-9(11(13,14)15)8(5-6)10(16)7(2)12/h3-5,7H,1-2H3. The van der Waals surface area contributed by atoms with Crippen LogP contribution >= 0.6 is 15.9 Å². The zero-order valence-electron chi connectivity index (χ0n) is 8.73. The summed E-state index contributed by atoms with van der Waals surface area (Å²) in [5, 5.41) is 0. The first-order valence-corrected chi connectivity index (χ1v) is 5.51. The SMILES string of the molecule is Cc1ccc(C(F)(F)F)c(C(=O)C(C)Br)c1. The Hall–Kier alpha value is -0.840. The number of aryl methyl sites for hydroxylation is 1. The molecule has 0 heterocycles. The molecular weight excluding hydrogens is 285 g/mol. The minimum Gasteiger partial charge on any atom is -0.293 e. The van der Waals surface area contributed by atoms with Crippen molar-refractivity contribution in [2.75, 3.05) is 0 Å². The van der Waals surface area contributed by atoms with Crippen LogP contribution in [0.1, 0.15) is 28.4 Å². The molecule has 0 bridgehead atoms. The summed E-state index contributed by atoms with van der Waals surface area (Å²) in [6.07, 6.45) is -4.50. The highest BCUT2D eigenvalue weighted by Crippen LogP contribution is 2.33. The molecule has 1 aromatic carbocycles. The van der Waals surface area contributed by atoms with E-state index in [0.717, 1.165) is 6.07 Å². The maximum absolute atomic E-state index is 12.6. The minimum absolute atomic E-state index is 0.281. The highest BCUT2D eigenvalue weighted by atomic mass is 79.9. The van der Waals surface area contributed by atoms with E-state index in [0.29, 0.717) is 5.56 Å². The van der Waals surface area contributed by atoms with Crippen LogP contribution in [0.3, 0.4) is 0 Å². The number of carbonyl (C=O) groups excluding carboxylic acids is 1. The van der Waals surface area contributed by atoms with Gasteiger partial charge in [-0.2, -0.15) is 13.2 Å². The Balaban J connectivity index is 3.35. The number of Topliss-reactive ketones (excluding diaryl/α,β-unsaturated/α-hetero) is 1. The molecule has 0 aliphatic carbocycles. The molecule has 1 unspecified atom stereocenters. The van der Waals surface area contributed by atoms with Crippen LogP contribution in [0.4, 0.5) is 13.2 Å². The van der Waals surface area contributed by atoms with Gasteiger partial charge in [0.05, 0.1) is 10.4 Å². The van der Waals surface area contributed by atoms with Gasteiger partial charge in [0.2, 0.25) is 0 Å². The van der Waals surface area contributed by atoms with E-state index in [9.17, 15) is 18.0 Å². The number of ketones is 1. The van der Waals surface area contributed by atoms with E-state index in [2.05, 4.69) is 15.9 Å². The third kappa shape index (κ3) is 2.84. The number of rotatable bonds is 2. The van der Waals surface area contributed by atoms with Crippen LogP contribution in [0, 0.1) is 6.92 Å². The Labute approximate surface area is 99.8 Å². The summed E-state index contributed by atoms with van der Waals surface area (Å²) in [6.45, 7) is 3.15. The van der Waals surface area contributed by atoms with Gasteiger partial charge in [-0.1, -0.05) is 27.6 Å². The molecule has 0 aromatic heterocycles. The predicted molar refractivity (Wildman–Crippen MR) is 58.9 cm³/mol. The van der Waals surface area contributed by atoms with Crippen molar-refractivity contribution in [2.45, 2.75) is 24.9 Å². The summed E-state index contributed by atoms with van der Waals surface area (Å²) in [4.78, 5) is 11.0. The Kier molecular flexibility index (Phi) is 3.78. The van der Waals surface area contributed by atoms with E-state index in [1.54, 1.807) is 6.92 Å². The molecule has 0 aliphatic rings. The molecule has 0 N–H and O–H groups in total. The van der Waals surface area contributed by atoms with Gasteiger partial charge in [0.15, 0.2) is 5.78 Å². The van der Waals surface area contributed by atoms with Crippen molar-refractivity contribution in [3.05, 3.63) is 34.9 Å². The summed E-state index contributed by atoms with van der Waals surface area (Å²) >= 11 is 2.99. The van der Waals surface area contributed by atoms with Crippen molar-refractivity contribution in [1.29, 1.82) is 0 Å². The normalized spacial score (nSPS) is 13.6. The first-order chi connectivity index (χ1) is 7.23. The smallest absolute Gasteiger partial charge is 0.293 e. The second-order valence-electron chi connectivity index (χ2n) is 3.53. The van der Waals surface area contributed by atoms with Gasteiger partial charge in [-0.25, -0.2) is 0 Å². The Morgan fingerprint density at radius 3 is 2.38 bits per heavy atom. The molecule has 1 rings (SSSR count). The van der Waals surface area contributed by atoms with Gasteiger partial charge in [-0.3, -0.25) is 4.79 Å². The van der Waals surface area contributed by atoms with Crippen molar-refractivity contribution in [3.8, 4) is 0 Å². The lowest BCUT2D eigenvalue weighted by molar-refractivity contribution is -0.137. The van der Waals surface area contributed by atoms with Gasteiger partial charge in [0.25, 0.3) is 0 Å². The van der Waals surface area contributed by atoms with Gasteiger partial charge in [0.1, 0.15) is 0 Å². The third-order valence-electron chi connectivity index (χ3n) is 2.11. The molecule has 5 heteroatoms. The number of carbonyl (C=O) groups is 1. The topological polar surface area (TPSA) is 17.1 Å². The fraction of sp³-hybridized carbons (Fsp3) is 0.364. The zero-order chi connectivity index (χ0) is 12.5. The number of benzene rings is 1. The molecule has 1 aromatic rings. The van der Waals surface area contributed by atoms with Crippen LogP contribution < -0.4 is 0 Å². The second kappa shape index (κ2) is 4.57. The molecule has 88 valence electrons. The highest BCUT2D eigenvalue weighted by molar-refractivity contribution is 9.10. The molecule has 1 nitrogen and oxygen atoms in total. The molecule has 0 saturated heterocycles. The van der Waals surface area contributed by atoms with E-state index in [1.165, 1.54) is 19.1 Å². The zero-order valence-corrected chi connectivity index (χ0v) is 10.3. The summed E-state index contributed by atoms with van der Waals surface area (Å²) in [5.74, 6) is -0.559. The second-order valence-corrected chi connectivity index (χ2v) is 4.90. The average molecular weight is 295 g/mol. The molecule has 0 fully saturated rings. The first-order valence-electron chi connectivity index (χ1n) is 4.59. The predicted octanol–water partition coefficient (Wildman–Crippen LogP) is 3.98. The number of hydrogen-bond donors (Lipinski definition) is 0. The quantitative estimate of drug-likeness (QED) is 0.596. The van der Waals surface area contributed by atoms with E-state index < -0.39 is 22.4 Å². The van der Waals surface area contributed by atoms with Crippen LogP contribution in [-0.4, -0.2) is 10.6 Å². The maximum Gasteiger partial charge on any atom is 0.417 e. The number of alkyl halides is 4. The van der Waals surface area contributed by atoms with Crippen LogP contribution in [0.5, 0.6) is 0 Å². The average Bonchev–Trinajstić information content (AvgIpc) is 2.14. The molecule has 1 atom stereocenters. The van der Waals surface area contributed by atoms with E-state index in [1.807, 2.05) is 0 Å². The molecule has 0 spiro atoms. The fourth-order valence-corrected chi connectivity index (χ4v) is 1.57. The maximum atomic E-state index is 12.6. The highest BCUT2D eigenvalue weighted by Gasteiger charge is 2.35. The van der Waals surface area contributed by atoms with Crippen LogP contribution in [0.15, 0.2) is 18.2 Å².